The van der Waals surface area contributed by atoms with Crippen molar-refractivity contribution in [1.29, 1.82) is 0 Å². The Hall–Kier alpha value is -1.64. The Bertz CT molecular complexity index is 514. The van der Waals surface area contributed by atoms with Gasteiger partial charge in [0, 0.05) is 11.1 Å². The molecule has 0 radical (unpaired) electrons. The fraction of sp³-hybridized carbons (Fsp3) is 0.176. The average Bonchev–Trinajstić information content (AvgIpc) is 2.48. The Balaban J connectivity index is 0.000000491. The number of hydrogen-bond acceptors (Lipinski definition) is 2. The molecule has 0 unspecified atom stereocenters. The smallest absolute Gasteiger partial charge is 0.170 e. The molecule has 0 heterocycles. The molecule has 0 aromatic heterocycles. The number of ketones is 2. The van der Waals surface area contributed by atoms with E-state index in [-0.39, 0.29) is 22.8 Å². The third-order valence-electron chi connectivity index (χ3n) is 2.51. The number of halogens is 2. The second-order valence-electron chi connectivity index (χ2n) is 4.27. The molecule has 0 aliphatic rings. The summed E-state index contributed by atoms with van der Waals surface area (Å²) in [5.41, 5.74) is 1.16. The van der Waals surface area contributed by atoms with Gasteiger partial charge < -0.3 is 0 Å². The molecule has 2 rings (SSSR count). The van der Waals surface area contributed by atoms with Gasteiger partial charge in [0.15, 0.2) is 11.6 Å². The second kappa shape index (κ2) is 9.32. The Morgan fingerprint density at radius 2 is 1.10 bits per heavy atom. The van der Waals surface area contributed by atoms with E-state index in [0.29, 0.717) is 11.1 Å². The SMILES string of the molecule is CC(Cl)Cl.O=C(CC(=O)c1ccccc1)c1ccccc1. The lowest BCUT2D eigenvalue weighted by Crippen LogP contribution is -2.08. The first-order valence-corrected chi connectivity index (χ1v) is 7.32. The molecule has 0 saturated heterocycles. The van der Waals surface area contributed by atoms with Gasteiger partial charge in [-0.15, -0.1) is 23.2 Å². The minimum atomic E-state index is -0.222. The molecule has 2 aromatic carbocycles. The lowest BCUT2D eigenvalue weighted by Gasteiger charge is -2.00. The van der Waals surface area contributed by atoms with Crippen LogP contribution >= 0.6 is 23.2 Å². The van der Waals surface area contributed by atoms with Crippen LogP contribution in [0.5, 0.6) is 0 Å². The van der Waals surface area contributed by atoms with E-state index in [0.717, 1.165) is 0 Å². The van der Waals surface area contributed by atoms with E-state index in [2.05, 4.69) is 0 Å². The first-order chi connectivity index (χ1) is 10.0. The lowest BCUT2D eigenvalue weighted by molar-refractivity contribution is 0.0894. The highest BCUT2D eigenvalue weighted by Gasteiger charge is 2.12. The Labute approximate surface area is 134 Å². The van der Waals surface area contributed by atoms with Crippen LogP contribution in [0, 0.1) is 0 Å². The number of rotatable bonds is 4. The van der Waals surface area contributed by atoms with Gasteiger partial charge in [-0.3, -0.25) is 9.59 Å². The summed E-state index contributed by atoms with van der Waals surface area (Å²) in [6.45, 7) is 1.70. The van der Waals surface area contributed by atoms with Crippen LogP contribution in [-0.4, -0.2) is 16.4 Å². The zero-order valence-electron chi connectivity index (χ0n) is 11.6. The molecule has 0 atom stereocenters. The van der Waals surface area contributed by atoms with E-state index in [4.69, 9.17) is 23.2 Å². The minimum Gasteiger partial charge on any atom is -0.294 e. The highest BCUT2D eigenvalue weighted by atomic mass is 35.5. The van der Waals surface area contributed by atoms with E-state index in [1.165, 1.54) is 0 Å². The summed E-state index contributed by atoms with van der Waals surface area (Å²) in [7, 11) is 0. The van der Waals surface area contributed by atoms with Crippen molar-refractivity contribution < 1.29 is 9.59 Å². The van der Waals surface area contributed by atoms with Crippen molar-refractivity contribution in [2.24, 2.45) is 0 Å². The molecule has 0 aliphatic carbocycles. The van der Waals surface area contributed by atoms with Crippen LogP contribution in [0.4, 0.5) is 0 Å². The molecular weight excluding hydrogens is 307 g/mol. The first-order valence-electron chi connectivity index (χ1n) is 6.45. The number of benzene rings is 2. The number of Topliss-reactive ketones (excluding diaryl/α,β-unsaturated/α-hetero) is 2. The van der Waals surface area contributed by atoms with Gasteiger partial charge in [-0.1, -0.05) is 60.7 Å². The number of hydrogen-bond donors (Lipinski definition) is 0. The average molecular weight is 323 g/mol. The molecule has 0 fully saturated rings. The molecule has 21 heavy (non-hydrogen) atoms. The number of alkyl halides is 2. The summed E-state index contributed by atoms with van der Waals surface area (Å²) >= 11 is 10.1. The molecule has 0 bridgehead atoms. The predicted molar refractivity (Wildman–Crippen MR) is 87.3 cm³/mol. The van der Waals surface area contributed by atoms with Gasteiger partial charge in [-0.2, -0.15) is 0 Å². The zero-order valence-corrected chi connectivity index (χ0v) is 13.1. The highest BCUT2D eigenvalue weighted by molar-refractivity contribution is 6.43. The molecule has 0 saturated carbocycles. The largest absolute Gasteiger partial charge is 0.294 e. The van der Waals surface area contributed by atoms with Gasteiger partial charge in [0.05, 0.1) is 6.42 Å². The maximum atomic E-state index is 11.8. The molecule has 0 spiro atoms. The molecule has 0 amide bonds. The summed E-state index contributed by atoms with van der Waals surface area (Å²) in [5.74, 6) is -0.279. The molecule has 0 N–H and O–H groups in total. The van der Waals surface area contributed by atoms with Crippen LogP contribution in [0.25, 0.3) is 0 Å². The van der Waals surface area contributed by atoms with E-state index >= 15 is 0 Å². The van der Waals surface area contributed by atoms with Crippen molar-refractivity contribution in [1.82, 2.24) is 0 Å². The van der Waals surface area contributed by atoms with Gasteiger partial charge in [-0.25, -0.2) is 0 Å². The molecule has 4 heteroatoms. The minimum absolute atomic E-state index is 0.0754. The summed E-state index contributed by atoms with van der Waals surface area (Å²) < 4.78 is 0. The topological polar surface area (TPSA) is 34.1 Å². The van der Waals surface area contributed by atoms with Crippen LogP contribution < -0.4 is 0 Å². The van der Waals surface area contributed by atoms with Gasteiger partial charge in [0.1, 0.15) is 4.84 Å². The van der Waals surface area contributed by atoms with Gasteiger partial charge in [-0.05, 0) is 6.92 Å². The third kappa shape index (κ3) is 7.07. The standard InChI is InChI=1S/C15H12O2.C2H4Cl2/c16-14(12-7-3-1-4-8-12)11-15(17)13-9-5-2-6-10-13;1-2(3)4/h1-10H,11H2;2H,1H3. The quantitative estimate of drug-likeness (QED) is 0.453. The fourth-order valence-electron chi connectivity index (χ4n) is 1.60. The molecule has 2 aromatic rings. The summed E-state index contributed by atoms with van der Waals surface area (Å²) in [4.78, 5) is 23.4. The number of carbonyl (C=O) groups is 2. The maximum Gasteiger partial charge on any atom is 0.170 e. The number of carbonyl (C=O) groups excluding carboxylic acids is 2. The van der Waals surface area contributed by atoms with E-state index < -0.39 is 0 Å². The molecule has 2 nitrogen and oxygen atoms in total. The van der Waals surface area contributed by atoms with Crippen LogP contribution in [-0.2, 0) is 0 Å². The van der Waals surface area contributed by atoms with Crippen LogP contribution in [0.3, 0.4) is 0 Å². The van der Waals surface area contributed by atoms with Crippen LogP contribution in [0.1, 0.15) is 34.1 Å². The lowest BCUT2D eigenvalue weighted by atomic mass is 10.0. The van der Waals surface area contributed by atoms with Crippen molar-refractivity contribution in [2.75, 3.05) is 0 Å². The van der Waals surface area contributed by atoms with Crippen molar-refractivity contribution in [3.05, 3.63) is 71.8 Å². The highest BCUT2D eigenvalue weighted by Crippen LogP contribution is 2.08. The Morgan fingerprint density at radius 3 is 1.38 bits per heavy atom. The molecular formula is C17H16Cl2O2. The van der Waals surface area contributed by atoms with E-state index in [1.807, 2.05) is 12.1 Å². The zero-order chi connectivity index (χ0) is 15.7. The van der Waals surface area contributed by atoms with Gasteiger partial charge >= 0.3 is 0 Å². The second-order valence-corrected chi connectivity index (χ2v) is 5.81. The first kappa shape index (κ1) is 17.4. The van der Waals surface area contributed by atoms with Crippen LogP contribution in [0.2, 0.25) is 0 Å². The van der Waals surface area contributed by atoms with Crippen molar-refractivity contribution in [3.8, 4) is 0 Å². The molecule has 110 valence electrons. The molecule has 0 aliphatic heterocycles. The summed E-state index contributed by atoms with van der Waals surface area (Å²) in [6.07, 6.45) is -0.0754. The monoisotopic (exact) mass is 322 g/mol. The van der Waals surface area contributed by atoms with Crippen molar-refractivity contribution in [2.45, 2.75) is 18.2 Å². The summed E-state index contributed by atoms with van der Waals surface area (Å²) in [6, 6.07) is 17.7. The fourth-order valence-corrected chi connectivity index (χ4v) is 1.60. The van der Waals surface area contributed by atoms with Crippen molar-refractivity contribution >= 4 is 34.8 Å². The third-order valence-corrected chi connectivity index (χ3v) is 2.51. The predicted octanol–water partition coefficient (Wildman–Crippen LogP) is 4.95. The van der Waals surface area contributed by atoms with E-state index in [1.54, 1.807) is 55.5 Å². The Kier molecular flexibility index (Phi) is 7.73. The normalized spacial score (nSPS) is 9.71. The maximum absolute atomic E-state index is 11.8. The van der Waals surface area contributed by atoms with Gasteiger partial charge in [0.25, 0.3) is 0 Å². The summed E-state index contributed by atoms with van der Waals surface area (Å²) in [5, 5.41) is 0. The van der Waals surface area contributed by atoms with Crippen molar-refractivity contribution in [3.63, 3.8) is 0 Å². The van der Waals surface area contributed by atoms with Gasteiger partial charge in [0.2, 0.25) is 0 Å². The van der Waals surface area contributed by atoms with E-state index in [9.17, 15) is 9.59 Å². The Morgan fingerprint density at radius 1 is 0.810 bits per heavy atom. The van der Waals surface area contributed by atoms with Crippen LogP contribution in [0.15, 0.2) is 60.7 Å².